The number of halogens is 2. The van der Waals surface area contributed by atoms with Gasteiger partial charge in [-0.15, -0.1) is 0 Å². The van der Waals surface area contributed by atoms with Gasteiger partial charge in [-0.1, -0.05) is 25.8 Å². The van der Waals surface area contributed by atoms with Crippen molar-refractivity contribution in [2.24, 2.45) is 5.73 Å². The van der Waals surface area contributed by atoms with Gasteiger partial charge < -0.3 is 10.5 Å². The van der Waals surface area contributed by atoms with Crippen LogP contribution in [0.4, 0.5) is 8.78 Å². The molecule has 0 aliphatic heterocycles. The number of unbranched alkanes of at least 4 members (excludes halogenated alkanes) is 2. The number of rotatable bonds is 7. The molecule has 1 aromatic rings. The summed E-state index contributed by atoms with van der Waals surface area (Å²) in [5.41, 5.74) is 6.07. The molecule has 0 saturated heterocycles. The molecular formula is C13H19F2NO. The smallest absolute Gasteiger partial charge is 0.130 e. The molecule has 0 saturated carbocycles. The maximum atomic E-state index is 13.4. The summed E-state index contributed by atoms with van der Waals surface area (Å²) in [6.45, 7) is 3.00. The van der Waals surface area contributed by atoms with E-state index in [1.807, 2.05) is 0 Å². The van der Waals surface area contributed by atoms with Gasteiger partial charge in [-0.3, -0.25) is 0 Å². The van der Waals surface area contributed by atoms with Gasteiger partial charge in [0.05, 0.1) is 12.6 Å². The number of nitrogens with two attached hydrogens (primary N) is 1. The van der Waals surface area contributed by atoms with Crippen LogP contribution in [-0.4, -0.2) is 13.2 Å². The Morgan fingerprint density at radius 1 is 1.29 bits per heavy atom. The van der Waals surface area contributed by atoms with Gasteiger partial charge in [-0.2, -0.15) is 0 Å². The molecule has 1 aromatic carbocycles. The zero-order valence-electron chi connectivity index (χ0n) is 10.1. The minimum Gasteiger partial charge on any atom is -0.379 e. The second-order valence-corrected chi connectivity index (χ2v) is 4.05. The molecule has 1 atom stereocenters. The van der Waals surface area contributed by atoms with E-state index >= 15 is 0 Å². The van der Waals surface area contributed by atoms with E-state index in [2.05, 4.69) is 6.92 Å². The predicted octanol–water partition coefficient (Wildman–Crippen LogP) is 3.17. The van der Waals surface area contributed by atoms with E-state index in [0.29, 0.717) is 12.2 Å². The summed E-state index contributed by atoms with van der Waals surface area (Å²) in [6.07, 6.45) is 3.22. The van der Waals surface area contributed by atoms with E-state index in [4.69, 9.17) is 10.5 Å². The maximum absolute atomic E-state index is 13.4. The summed E-state index contributed by atoms with van der Waals surface area (Å²) in [5.74, 6) is -1.21. The van der Waals surface area contributed by atoms with Crippen LogP contribution in [0.25, 0.3) is 0 Å². The highest BCUT2D eigenvalue weighted by atomic mass is 19.1. The fraction of sp³-hybridized carbons (Fsp3) is 0.538. The van der Waals surface area contributed by atoms with Gasteiger partial charge >= 0.3 is 0 Å². The van der Waals surface area contributed by atoms with Crippen molar-refractivity contribution in [2.45, 2.75) is 32.2 Å². The molecule has 0 amide bonds. The second kappa shape index (κ2) is 7.35. The van der Waals surface area contributed by atoms with E-state index in [1.54, 1.807) is 0 Å². The average Bonchev–Trinajstić information content (AvgIpc) is 2.28. The number of ether oxygens (including phenoxy) is 1. The number of hydrogen-bond acceptors (Lipinski definition) is 2. The molecule has 1 rings (SSSR count). The zero-order chi connectivity index (χ0) is 12.7. The SMILES string of the molecule is CCCCCOCC(N)c1ccc(F)cc1F. The molecule has 1 unspecified atom stereocenters. The molecule has 0 heterocycles. The number of hydrogen-bond donors (Lipinski definition) is 1. The molecule has 0 aliphatic carbocycles. The third-order valence-corrected chi connectivity index (χ3v) is 2.55. The molecule has 2 nitrogen and oxygen atoms in total. The van der Waals surface area contributed by atoms with E-state index < -0.39 is 17.7 Å². The van der Waals surface area contributed by atoms with Gasteiger partial charge in [-0.05, 0) is 12.5 Å². The Hall–Kier alpha value is -1.00. The van der Waals surface area contributed by atoms with Gasteiger partial charge in [0.2, 0.25) is 0 Å². The summed E-state index contributed by atoms with van der Waals surface area (Å²) < 4.78 is 31.4. The molecule has 0 bridgehead atoms. The van der Waals surface area contributed by atoms with Gasteiger partial charge in [0, 0.05) is 18.2 Å². The van der Waals surface area contributed by atoms with Crippen molar-refractivity contribution < 1.29 is 13.5 Å². The van der Waals surface area contributed by atoms with Crippen LogP contribution in [0.15, 0.2) is 18.2 Å². The summed E-state index contributed by atoms with van der Waals surface area (Å²) in [4.78, 5) is 0. The van der Waals surface area contributed by atoms with Crippen molar-refractivity contribution in [3.63, 3.8) is 0 Å². The topological polar surface area (TPSA) is 35.2 Å². The lowest BCUT2D eigenvalue weighted by Crippen LogP contribution is -2.19. The van der Waals surface area contributed by atoms with Crippen molar-refractivity contribution >= 4 is 0 Å². The van der Waals surface area contributed by atoms with Crippen molar-refractivity contribution in [1.82, 2.24) is 0 Å². The van der Waals surface area contributed by atoms with E-state index in [1.165, 1.54) is 12.1 Å². The number of benzene rings is 1. The van der Waals surface area contributed by atoms with E-state index in [9.17, 15) is 8.78 Å². The summed E-state index contributed by atoms with van der Waals surface area (Å²) in [6, 6.07) is 2.86. The lowest BCUT2D eigenvalue weighted by molar-refractivity contribution is 0.116. The minimum atomic E-state index is -0.616. The Morgan fingerprint density at radius 3 is 2.71 bits per heavy atom. The fourth-order valence-corrected chi connectivity index (χ4v) is 1.56. The highest BCUT2D eigenvalue weighted by Gasteiger charge is 2.12. The Bertz CT molecular complexity index is 344. The Morgan fingerprint density at radius 2 is 2.06 bits per heavy atom. The first-order chi connectivity index (χ1) is 8.15. The van der Waals surface area contributed by atoms with Crippen LogP contribution in [-0.2, 0) is 4.74 Å². The lowest BCUT2D eigenvalue weighted by atomic mass is 10.1. The van der Waals surface area contributed by atoms with Crippen LogP contribution in [0.3, 0.4) is 0 Å². The molecule has 96 valence electrons. The molecule has 0 aliphatic rings. The Labute approximate surface area is 101 Å². The van der Waals surface area contributed by atoms with Crippen LogP contribution in [0.5, 0.6) is 0 Å². The fourth-order valence-electron chi connectivity index (χ4n) is 1.56. The van der Waals surface area contributed by atoms with Crippen LogP contribution in [0.2, 0.25) is 0 Å². The summed E-state index contributed by atoms with van der Waals surface area (Å²) in [5, 5.41) is 0. The zero-order valence-corrected chi connectivity index (χ0v) is 10.1. The highest BCUT2D eigenvalue weighted by Crippen LogP contribution is 2.16. The molecule has 0 spiro atoms. The average molecular weight is 243 g/mol. The third-order valence-electron chi connectivity index (χ3n) is 2.55. The van der Waals surface area contributed by atoms with Crippen LogP contribution in [0.1, 0.15) is 37.8 Å². The molecule has 17 heavy (non-hydrogen) atoms. The molecule has 0 aromatic heterocycles. The monoisotopic (exact) mass is 243 g/mol. The third kappa shape index (κ3) is 4.79. The van der Waals surface area contributed by atoms with Crippen molar-refractivity contribution in [3.8, 4) is 0 Å². The maximum Gasteiger partial charge on any atom is 0.130 e. The van der Waals surface area contributed by atoms with Crippen LogP contribution < -0.4 is 5.73 Å². The highest BCUT2D eigenvalue weighted by molar-refractivity contribution is 5.21. The Balaban J connectivity index is 2.38. The first kappa shape index (κ1) is 14.1. The largest absolute Gasteiger partial charge is 0.379 e. The first-order valence-electron chi connectivity index (χ1n) is 5.93. The van der Waals surface area contributed by atoms with E-state index in [-0.39, 0.29) is 6.61 Å². The molecule has 0 fully saturated rings. The van der Waals surface area contributed by atoms with Crippen LogP contribution in [0, 0.1) is 11.6 Å². The van der Waals surface area contributed by atoms with Gasteiger partial charge in [-0.25, -0.2) is 8.78 Å². The molecule has 4 heteroatoms. The predicted molar refractivity (Wildman–Crippen MR) is 63.6 cm³/mol. The van der Waals surface area contributed by atoms with Crippen molar-refractivity contribution in [3.05, 3.63) is 35.4 Å². The molecular weight excluding hydrogens is 224 g/mol. The van der Waals surface area contributed by atoms with Crippen molar-refractivity contribution in [1.29, 1.82) is 0 Å². The van der Waals surface area contributed by atoms with Gasteiger partial charge in [0.15, 0.2) is 0 Å². The molecule has 0 radical (unpaired) electrons. The van der Waals surface area contributed by atoms with E-state index in [0.717, 1.165) is 25.3 Å². The normalized spacial score (nSPS) is 12.7. The Kier molecular flexibility index (Phi) is 6.08. The minimum absolute atomic E-state index is 0.256. The van der Waals surface area contributed by atoms with Crippen LogP contribution >= 0.6 is 0 Å². The van der Waals surface area contributed by atoms with Gasteiger partial charge in [0.1, 0.15) is 11.6 Å². The lowest BCUT2D eigenvalue weighted by Gasteiger charge is -2.13. The van der Waals surface area contributed by atoms with Gasteiger partial charge in [0.25, 0.3) is 0 Å². The summed E-state index contributed by atoms with van der Waals surface area (Å²) in [7, 11) is 0. The van der Waals surface area contributed by atoms with Crippen molar-refractivity contribution in [2.75, 3.05) is 13.2 Å². The first-order valence-corrected chi connectivity index (χ1v) is 5.93. The molecule has 2 N–H and O–H groups in total. The second-order valence-electron chi connectivity index (χ2n) is 4.05. The summed E-state index contributed by atoms with van der Waals surface area (Å²) >= 11 is 0. The standard InChI is InChI=1S/C13H19F2NO/c1-2-3-4-7-17-9-13(16)11-6-5-10(14)8-12(11)15/h5-6,8,13H,2-4,7,9,16H2,1H3. The quantitative estimate of drug-likeness (QED) is 0.746.